The van der Waals surface area contributed by atoms with Crippen LogP contribution in [0.3, 0.4) is 0 Å². The van der Waals surface area contributed by atoms with Crippen molar-refractivity contribution in [3.63, 3.8) is 0 Å². The molecule has 1 aliphatic rings. The molecule has 0 unspecified atom stereocenters. The van der Waals surface area contributed by atoms with Gasteiger partial charge in [-0.05, 0) is 67.0 Å². The van der Waals surface area contributed by atoms with Crippen molar-refractivity contribution < 1.29 is 8.78 Å². The largest absolute Gasteiger partial charge is 0.248 e. The van der Waals surface area contributed by atoms with Gasteiger partial charge in [-0.1, -0.05) is 74.4 Å². The zero-order valence-corrected chi connectivity index (χ0v) is 18.0. The van der Waals surface area contributed by atoms with Crippen LogP contribution in [0, 0.1) is 11.8 Å². The smallest absolute Gasteiger partial charge is 0.207 e. The van der Waals surface area contributed by atoms with E-state index < -0.39 is 5.92 Å². The molecule has 0 atom stereocenters. The molecule has 0 aromatic heterocycles. The average Bonchev–Trinajstić information content (AvgIpc) is 2.76. The van der Waals surface area contributed by atoms with Gasteiger partial charge in [-0.3, -0.25) is 0 Å². The third-order valence-electron chi connectivity index (χ3n) is 5.90. The zero-order valence-electron chi connectivity index (χ0n) is 18.0. The van der Waals surface area contributed by atoms with E-state index in [1.807, 2.05) is 24.3 Å². The summed E-state index contributed by atoms with van der Waals surface area (Å²) < 4.78 is 26.7. The first kappa shape index (κ1) is 22.3. The molecule has 0 nitrogen and oxygen atoms in total. The molecule has 158 valence electrons. The summed E-state index contributed by atoms with van der Waals surface area (Å²) in [6.45, 7) is 2.23. The van der Waals surface area contributed by atoms with E-state index >= 15 is 0 Å². The Morgan fingerprint density at radius 1 is 0.867 bits per heavy atom. The van der Waals surface area contributed by atoms with Crippen LogP contribution in [0.25, 0.3) is 6.08 Å². The van der Waals surface area contributed by atoms with E-state index in [1.165, 1.54) is 31.2 Å². The normalized spacial score (nSPS) is 16.4. The van der Waals surface area contributed by atoms with E-state index in [2.05, 4.69) is 55.2 Å². The monoisotopic (exact) mass is 406 g/mol. The molecule has 2 aromatic rings. The fraction of sp³-hybridized carbons (Fsp3) is 0.429. The van der Waals surface area contributed by atoms with Crippen molar-refractivity contribution in [2.45, 2.75) is 76.6 Å². The Morgan fingerprint density at radius 2 is 1.47 bits per heavy atom. The second-order valence-corrected chi connectivity index (χ2v) is 8.38. The van der Waals surface area contributed by atoms with Crippen LogP contribution in [0.2, 0.25) is 0 Å². The van der Waals surface area contributed by atoms with Gasteiger partial charge in [-0.25, -0.2) is 8.78 Å². The van der Waals surface area contributed by atoms with Crippen molar-refractivity contribution in [2.75, 3.05) is 0 Å². The fourth-order valence-electron chi connectivity index (χ4n) is 3.94. The topological polar surface area (TPSA) is 0 Å². The third-order valence-corrected chi connectivity index (χ3v) is 5.90. The average molecular weight is 407 g/mol. The highest BCUT2D eigenvalue weighted by molar-refractivity contribution is 5.52. The summed E-state index contributed by atoms with van der Waals surface area (Å²) in [7, 11) is 0. The highest BCUT2D eigenvalue weighted by atomic mass is 19.3. The van der Waals surface area contributed by atoms with Crippen molar-refractivity contribution in [1.29, 1.82) is 0 Å². The quantitative estimate of drug-likeness (QED) is 0.320. The molecule has 0 aliphatic heterocycles. The van der Waals surface area contributed by atoms with Crippen LogP contribution in [0.4, 0.5) is 8.78 Å². The molecule has 2 heteroatoms. The first-order valence-electron chi connectivity index (χ1n) is 11.3. The van der Waals surface area contributed by atoms with Crippen molar-refractivity contribution in [3.05, 3.63) is 76.9 Å². The summed E-state index contributed by atoms with van der Waals surface area (Å²) in [6, 6.07) is 16.4. The highest BCUT2D eigenvalue weighted by Crippen LogP contribution is 2.40. The SMILES string of the molecule is CCCCCC/C=C/c1ccc(C#Cc2ccc(C3CCC(F)(F)CC3)cc2)cc1. The lowest BCUT2D eigenvalue weighted by atomic mass is 9.82. The van der Waals surface area contributed by atoms with E-state index in [-0.39, 0.29) is 18.8 Å². The highest BCUT2D eigenvalue weighted by Gasteiger charge is 2.35. The summed E-state index contributed by atoms with van der Waals surface area (Å²) in [4.78, 5) is 0. The van der Waals surface area contributed by atoms with Crippen molar-refractivity contribution in [3.8, 4) is 11.8 Å². The van der Waals surface area contributed by atoms with Crippen LogP contribution in [0.1, 0.15) is 92.9 Å². The predicted octanol–water partition coefficient (Wildman–Crippen LogP) is 8.36. The van der Waals surface area contributed by atoms with Crippen molar-refractivity contribution in [1.82, 2.24) is 0 Å². The minimum atomic E-state index is -2.47. The molecule has 0 heterocycles. The molecule has 0 N–H and O–H groups in total. The predicted molar refractivity (Wildman–Crippen MR) is 123 cm³/mol. The Hall–Kier alpha value is -2.40. The Morgan fingerprint density at radius 3 is 2.07 bits per heavy atom. The number of hydrogen-bond acceptors (Lipinski definition) is 0. The Labute approximate surface area is 180 Å². The molecule has 1 fully saturated rings. The van der Waals surface area contributed by atoms with Crippen molar-refractivity contribution >= 4 is 6.08 Å². The Bertz CT molecular complexity index is 854. The van der Waals surface area contributed by atoms with Crippen LogP contribution < -0.4 is 0 Å². The minimum Gasteiger partial charge on any atom is -0.207 e. The van der Waals surface area contributed by atoms with Gasteiger partial charge in [0.15, 0.2) is 0 Å². The Kier molecular flexibility index (Phi) is 8.26. The number of allylic oxidation sites excluding steroid dienone is 1. The summed E-state index contributed by atoms with van der Waals surface area (Å²) in [5, 5.41) is 0. The summed E-state index contributed by atoms with van der Waals surface area (Å²) in [6.07, 6.45) is 11.9. The summed E-state index contributed by atoms with van der Waals surface area (Å²) >= 11 is 0. The van der Waals surface area contributed by atoms with Gasteiger partial charge in [0.05, 0.1) is 0 Å². The number of halogens is 2. The second kappa shape index (κ2) is 11.1. The van der Waals surface area contributed by atoms with Gasteiger partial charge >= 0.3 is 0 Å². The van der Waals surface area contributed by atoms with Gasteiger partial charge in [-0.15, -0.1) is 0 Å². The van der Waals surface area contributed by atoms with E-state index in [1.54, 1.807) is 0 Å². The van der Waals surface area contributed by atoms with Crippen LogP contribution in [0.5, 0.6) is 0 Å². The van der Waals surface area contributed by atoms with Crippen LogP contribution >= 0.6 is 0 Å². The minimum absolute atomic E-state index is 0.00324. The number of hydrogen-bond donors (Lipinski definition) is 0. The number of alkyl halides is 2. The van der Waals surface area contributed by atoms with Crippen molar-refractivity contribution in [2.24, 2.45) is 0 Å². The van der Waals surface area contributed by atoms with Gasteiger partial charge in [0.2, 0.25) is 5.92 Å². The Balaban J connectivity index is 1.51. The van der Waals surface area contributed by atoms with Gasteiger partial charge < -0.3 is 0 Å². The molecule has 2 aromatic carbocycles. The van der Waals surface area contributed by atoms with Gasteiger partial charge in [0.25, 0.3) is 0 Å². The molecule has 0 spiro atoms. The third kappa shape index (κ3) is 7.13. The molecule has 1 aliphatic carbocycles. The van der Waals surface area contributed by atoms with Crippen LogP contribution in [0.15, 0.2) is 54.6 Å². The zero-order chi connectivity index (χ0) is 21.2. The van der Waals surface area contributed by atoms with E-state index in [0.29, 0.717) is 12.8 Å². The molecule has 0 saturated heterocycles. The standard InChI is InChI=1S/C28H32F2/c1-2-3-4-5-6-7-8-23-9-11-24(12-10-23)13-14-25-15-17-26(18-16-25)27-19-21-28(29,30)22-20-27/h7-12,15-18,27H,2-6,19-22H2,1H3/b8-7+. The maximum atomic E-state index is 13.3. The van der Waals surface area contributed by atoms with Gasteiger partial charge in [0, 0.05) is 24.0 Å². The lowest BCUT2D eigenvalue weighted by molar-refractivity contribution is -0.0382. The maximum Gasteiger partial charge on any atom is 0.248 e. The summed E-state index contributed by atoms with van der Waals surface area (Å²) in [5.41, 5.74) is 4.31. The molecule has 0 amide bonds. The van der Waals surface area contributed by atoms with Crippen LogP contribution in [-0.4, -0.2) is 5.92 Å². The van der Waals surface area contributed by atoms with Gasteiger partial charge in [-0.2, -0.15) is 0 Å². The van der Waals surface area contributed by atoms with E-state index in [0.717, 1.165) is 23.1 Å². The summed E-state index contributed by atoms with van der Waals surface area (Å²) in [5.74, 6) is 4.20. The number of unbranched alkanes of at least 4 members (excludes halogenated alkanes) is 4. The molecule has 3 rings (SSSR count). The van der Waals surface area contributed by atoms with Crippen LogP contribution in [-0.2, 0) is 0 Å². The molecule has 30 heavy (non-hydrogen) atoms. The number of rotatable bonds is 7. The molecular formula is C28H32F2. The first-order chi connectivity index (χ1) is 14.6. The molecule has 0 radical (unpaired) electrons. The molecular weight excluding hydrogens is 374 g/mol. The van der Waals surface area contributed by atoms with Gasteiger partial charge in [0.1, 0.15) is 0 Å². The first-order valence-corrected chi connectivity index (χ1v) is 11.3. The lowest BCUT2D eigenvalue weighted by Crippen LogP contribution is -2.23. The van der Waals surface area contributed by atoms with E-state index in [9.17, 15) is 8.78 Å². The maximum absolute atomic E-state index is 13.3. The molecule has 1 saturated carbocycles. The fourth-order valence-corrected chi connectivity index (χ4v) is 3.94. The van der Waals surface area contributed by atoms with E-state index in [4.69, 9.17) is 0 Å². The lowest BCUT2D eigenvalue weighted by Gasteiger charge is -2.28. The molecule has 0 bridgehead atoms. The number of benzene rings is 2. The second-order valence-electron chi connectivity index (χ2n) is 8.38.